The molecule has 2 heterocycles. The van der Waals surface area contributed by atoms with Crippen molar-refractivity contribution < 1.29 is 27.5 Å². The van der Waals surface area contributed by atoms with Gasteiger partial charge in [-0.15, -0.1) is 0 Å². The number of hydrogen-bond acceptors (Lipinski definition) is 4. The van der Waals surface area contributed by atoms with E-state index in [1.165, 1.54) is 0 Å². The van der Waals surface area contributed by atoms with Crippen molar-refractivity contribution in [1.29, 1.82) is 0 Å². The number of rotatable bonds is 6. The van der Waals surface area contributed by atoms with Crippen LogP contribution < -0.4 is 10.6 Å². The molecule has 0 spiro atoms. The summed E-state index contributed by atoms with van der Waals surface area (Å²) in [5.41, 5.74) is 1.33. The minimum Gasteiger partial charge on any atom is -0.368 e. The molecule has 150 valence electrons. The number of aromatic nitrogens is 2. The quantitative estimate of drug-likeness (QED) is 0.786. The Kier molecular flexibility index (Phi) is 5.98. The standard InChI is InChI=1S/C18H19F3N4O3/c19-18(20,21)11-25-10-13(9-23-25)16(26)22-8-12-3-1-4-14(7-12)24-17(27)15-5-2-6-28-15/h1,3-4,7,9-10,15H,2,5-6,8,11H2,(H,22,26)(H,24,27)/t15-/m0/s1. The molecule has 10 heteroatoms. The van der Waals surface area contributed by atoms with Crippen LogP contribution in [0.4, 0.5) is 18.9 Å². The van der Waals surface area contributed by atoms with Crippen LogP contribution in [-0.2, 0) is 22.6 Å². The second kappa shape index (κ2) is 8.42. The summed E-state index contributed by atoms with van der Waals surface area (Å²) in [6.45, 7) is -0.538. The molecule has 1 saturated heterocycles. The molecule has 0 aliphatic carbocycles. The lowest BCUT2D eigenvalue weighted by atomic mass is 10.1. The summed E-state index contributed by atoms with van der Waals surface area (Å²) >= 11 is 0. The average molecular weight is 396 g/mol. The summed E-state index contributed by atoms with van der Waals surface area (Å²) in [6, 6.07) is 6.92. The smallest absolute Gasteiger partial charge is 0.368 e. The van der Waals surface area contributed by atoms with E-state index in [1.807, 2.05) is 0 Å². The van der Waals surface area contributed by atoms with E-state index in [-0.39, 0.29) is 18.0 Å². The molecule has 0 bridgehead atoms. The Morgan fingerprint density at radius 3 is 2.86 bits per heavy atom. The molecule has 1 aliphatic rings. The number of benzene rings is 1. The van der Waals surface area contributed by atoms with Crippen LogP contribution in [0.15, 0.2) is 36.7 Å². The zero-order chi connectivity index (χ0) is 20.1. The fraction of sp³-hybridized carbons (Fsp3) is 0.389. The Morgan fingerprint density at radius 2 is 2.14 bits per heavy atom. The van der Waals surface area contributed by atoms with Gasteiger partial charge >= 0.3 is 6.18 Å². The summed E-state index contributed by atoms with van der Waals surface area (Å²) in [6.07, 6.45) is -1.20. The van der Waals surface area contributed by atoms with Crippen molar-refractivity contribution in [3.8, 4) is 0 Å². The zero-order valence-electron chi connectivity index (χ0n) is 14.8. The number of halogens is 3. The number of carbonyl (C=O) groups excluding carboxylic acids is 2. The van der Waals surface area contributed by atoms with Crippen LogP contribution in [0.5, 0.6) is 0 Å². The fourth-order valence-corrected chi connectivity index (χ4v) is 2.80. The van der Waals surface area contributed by atoms with Crippen LogP contribution in [0.2, 0.25) is 0 Å². The Bertz CT molecular complexity index is 845. The second-order valence-electron chi connectivity index (χ2n) is 6.42. The van der Waals surface area contributed by atoms with Crippen LogP contribution in [0.1, 0.15) is 28.8 Å². The van der Waals surface area contributed by atoms with Gasteiger partial charge in [-0.05, 0) is 30.5 Å². The Hall–Kier alpha value is -2.88. The van der Waals surface area contributed by atoms with E-state index in [0.29, 0.717) is 23.4 Å². The molecule has 28 heavy (non-hydrogen) atoms. The lowest BCUT2D eigenvalue weighted by molar-refractivity contribution is -0.142. The number of anilines is 1. The maximum Gasteiger partial charge on any atom is 0.408 e. The van der Waals surface area contributed by atoms with Gasteiger partial charge in [-0.2, -0.15) is 18.3 Å². The van der Waals surface area contributed by atoms with Gasteiger partial charge in [0.25, 0.3) is 11.8 Å². The van der Waals surface area contributed by atoms with Gasteiger partial charge in [0.2, 0.25) is 0 Å². The third kappa shape index (κ3) is 5.56. The molecule has 0 radical (unpaired) electrons. The summed E-state index contributed by atoms with van der Waals surface area (Å²) in [4.78, 5) is 24.2. The lowest BCUT2D eigenvalue weighted by Gasteiger charge is -2.11. The van der Waals surface area contributed by atoms with Gasteiger partial charge in [0, 0.05) is 25.0 Å². The zero-order valence-corrected chi connectivity index (χ0v) is 14.8. The molecule has 3 rings (SSSR count). The van der Waals surface area contributed by atoms with Gasteiger partial charge in [0.15, 0.2) is 0 Å². The molecule has 1 aromatic carbocycles. The first-order valence-electron chi connectivity index (χ1n) is 8.69. The van der Waals surface area contributed by atoms with Gasteiger partial charge in [-0.3, -0.25) is 14.3 Å². The van der Waals surface area contributed by atoms with Crippen molar-refractivity contribution in [1.82, 2.24) is 15.1 Å². The fourth-order valence-electron chi connectivity index (χ4n) is 2.80. The Balaban J connectivity index is 1.54. The molecule has 2 amide bonds. The molecular weight excluding hydrogens is 377 g/mol. The van der Waals surface area contributed by atoms with Gasteiger partial charge in [-0.25, -0.2) is 0 Å². The van der Waals surface area contributed by atoms with Crippen LogP contribution in [0, 0.1) is 0 Å². The third-order valence-electron chi connectivity index (χ3n) is 4.11. The first kappa shape index (κ1) is 19.9. The Labute approximate surface area is 158 Å². The van der Waals surface area contributed by atoms with Crippen molar-refractivity contribution in [3.63, 3.8) is 0 Å². The Morgan fingerprint density at radius 1 is 1.32 bits per heavy atom. The molecule has 2 aromatic rings. The van der Waals surface area contributed by atoms with Gasteiger partial charge in [0.1, 0.15) is 12.6 Å². The first-order valence-corrected chi connectivity index (χ1v) is 8.69. The van der Waals surface area contributed by atoms with Gasteiger partial charge in [0.05, 0.1) is 11.8 Å². The topological polar surface area (TPSA) is 85.2 Å². The van der Waals surface area contributed by atoms with Gasteiger partial charge in [-0.1, -0.05) is 12.1 Å². The maximum absolute atomic E-state index is 12.3. The summed E-state index contributed by atoms with van der Waals surface area (Å²) in [7, 11) is 0. The maximum atomic E-state index is 12.3. The number of nitrogens with one attached hydrogen (secondary N) is 2. The number of amides is 2. The van der Waals surface area contributed by atoms with Crippen LogP contribution >= 0.6 is 0 Å². The average Bonchev–Trinajstić information content (AvgIpc) is 3.30. The monoisotopic (exact) mass is 396 g/mol. The number of carbonyl (C=O) groups is 2. The molecule has 1 aliphatic heterocycles. The van der Waals surface area contributed by atoms with Crippen molar-refractivity contribution in [2.45, 2.75) is 38.2 Å². The highest BCUT2D eigenvalue weighted by Gasteiger charge is 2.28. The SMILES string of the molecule is O=C(NCc1cccc(NC(=O)[C@@H]2CCCO2)c1)c1cnn(CC(F)(F)F)c1. The van der Waals surface area contributed by atoms with Crippen molar-refractivity contribution >= 4 is 17.5 Å². The first-order chi connectivity index (χ1) is 13.3. The minimum absolute atomic E-state index is 0.0343. The highest BCUT2D eigenvalue weighted by atomic mass is 19.4. The molecule has 0 unspecified atom stereocenters. The predicted octanol–water partition coefficient (Wildman–Crippen LogP) is 2.49. The highest BCUT2D eigenvalue weighted by Crippen LogP contribution is 2.18. The molecule has 1 fully saturated rings. The second-order valence-corrected chi connectivity index (χ2v) is 6.42. The molecular formula is C18H19F3N4O3. The molecule has 1 atom stereocenters. The van der Waals surface area contributed by atoms with Crippen LogP contribution in [-0.4, -0.2) is 40.5 Å². The molecule has 0 saturated carbocycles. The van der Waals surface area contributed by atoms with E-state index in [0.717, 1.165) is 24.4 Å². The van der Waals surface area contributed by atoms with Crippen molar-refractivity contribution in [3.05, 3.63) is 47.8 Å². The largest absolute Gasteiger partial charge is 0.408 e. The van der Waals surface area contributed by atoms with Crippen LogP contribution in [0.3, 0.4) is 0 Å². The highest BCUT2D eigenvalue weighted by molar-refractivity contribution is 5.94. The van der Waals surface area contributed by atoms with Crippen molar-refractivity contribution in [2.75, 3.05) is 11.9 Å². The minimum atomic E-state index is -4.41. The van der Waals surface area contributed by atoms with Crippen molar-refractivity contribution in [2.24, 2.45) is 0 Å². The molecule has 2 N–H and O–H groups in total. The molecule has 1 aromatic heterocycles. The van der Waals surface area contributed by atoms with E-state index in [1.54, 1.807) is 24.3 Å². The summed E-state index contributed by atoms with van der Waals surface area (Å²) in [5.74, 6) is -0.752. The summed E-state index contributed by atoms with van der Waals surface area (Å²) < 4.78 is 43.0. The van der Waals surface area contributed by atoms with E-state index >= 15 is 0 Å². The number of alkyl halides is 3. The van der Waals surface area contributed by atoms with Gasteiger partial charge < -0.3 is 15.4 Å². The van der Waals surface area contributed by atoms with E-state index < -0.39 is 24.7 Å². The third-order valence-corrected chi connectivity index (χ3v) is 4.11. The molecule has 7 nitrogen and oxygen atoms in total. The number of hydrogen-bond donors (Lipinski definition) is 2. The number of ether oxygens (including phenoxy) is 1. The number of nitrogens with zero attached hydrogens (tertiary/aromatic N) is 2. The predicted molar refractivity (Wildman–Crippen MR) is 93.5 cm³/mol. The van der Waals surface area contributed by atoms with E-state index in [9.17, 15) is 22.8 Å². The lowest BCUT2D eigenvalue weighted by Crippen LogP contribution is -2.27. The van der Waals surface area contributed by atoms with E-state index in [4.69, 9.17) is 4.74 Å². The van der Waals surface area contributed by atoms with E-state index in [2.05, 4.69) is 15.7 Å². The summed E-state index contributed by atoms with van der Waals surface area (Å²) in [5, 5.41) is 8.93. The van der Waals surface area contributed by atoms with Crippen LogP contribution in [0.25, 0.3) is 0 Å². The normalized spacial score (nSPS) is 16.8.